The first kappa shape index (κ1) is 27.1. The number of nitrogens with zero attached hydrogens (tertiary/aromatic N) is 3. The summed E-state index contributed by atoms with van der Waals surface area (Å²) in [7, 11) is 4.01. The number of benzene rings is 1. The van der Waals surface area contributed by atoms with E-state index in [-0.39, 0.29) is 24.0 Å². The number of rotatable bonds is 10. The average Bonchev–Trinajstić information content (AvgIpc) is 3.27. The van der Waals surface area contributed by atoms with Gasteiger partial charge in [-0.25, -0.2) is 0 Å². The molecule has 2 fully saturated rings. The first-order valence-electron chi connectivity index (χ1n) is 11.9. The molecule has 2 saturated heterocycles. The third-order valence-electron chi connectivity index (χ3n) is 6.52. The van der Waals surface area contributed by atoms with Gasteiger partial charge in [0.1, 0.15) is 12.4 Å². The number of hydrogen-bond donors (Lipinski definition) is 2. The second kappa shape index (κ2) is 14.9. The predicted molar refractivity (Wildman–Crippen MR) is 142 cm³/mol. The lowest BCUT2D eigenvalue weighted by molar-refractivity contribution is 0.0392. The fourth-order valence-electron chi connectivity index (χ4n) is 4.52. The van der Waals surface area contributed by atoms with E-state index in [1.807, 2.05) is 13.1 Å². The number of halogens is 1. The lowest BCUT2D eigenvalue weighted by Crippen LogP contribution is -2.44. The van der Waals surface area contributed by atoms with E-state index in [2.05, 4.69) is 57.6 Å². The molecule has 1 atom stereocenters. The molecule has 2 aliphatic rings. The van der Waals surface area contributed by atoms with Gasteiger partial charge in [0.25, 0.3) is 0 Å². The predicted octanol–water partition coefficient (Wildman–Crippen LogP) is 2.94. The van der Waals surface area contributed by atoms with Gasteiger partial charge in [-0.15, -0.1) is 24.0 Å². The highest BCUT2D eigenvalue weighted by molar-refractivity contribution is 14.0. The smallest absolute Gasteiger partial charge is 0.191 e. The van der Waals surface area contributed by atoms with Crippen LogP contribution in [-0.2, 0) is 11.3 Å². The zero-order valence-electron chi connectivity index (χ0n) is 20.0. The van der Waals surface area contributed by atoms with Gasteiger partial charge in [0, 0.05) is 52.0 Å². The number of nitrogens with one attached hydrogen (secondary N) is 2. The molecule has 2 heterocycles. The summed E-state index contributed by atoms with van der Waals surface area (Å²) in [6, 6.07) is 9.55. The van der Waals surface area contributed by atoms with Crippen LogP contribution in [0.5, 0.6) is 5.75 Å². The van der Waals surface area contributed by atoms with Crippen molar-refractivity contribution in [1.29, 1.82) is 0 Å². The van der Waals surface area contributed by atoms with E-state index >= 15 is 0 Å². The molecule has 0 aromatic heterocycles. The molecular formula is C24H42IN5O2. The van der Waals surface area contributed by atoms with Crippen LogP contribution in [0.1, 0.15) is 38.2 Å². The highest BCUT2D eigenvalue weighted by Gasteiger charge is 2.22. The number of guanidine groups is 1. The van der Waals surface area contributed by atoms with Crippen molar-refractivity contribution >= 4 is 29.9 Å². The van der Waals surface area contributed by atoms with Crippen LogP contribution in [0.25, 0.3) is 0 Å². The largest absolute Gasteiger partial charge is 0.492 e. The van der Waals surface area contributed by atoms with Crippen molar-refractivity contribution in [3.05, 3.63) is 29.8 Å². The second-order valence-electron chi connectivity index (χ2n) is 8.55. The number of ether oxygens (including phenoxy) is 2. The van der Waals surface area contributed by atoms with E-state index in [0.717, 1.165) is 63.9 Å². The van der Waals surface area contributed by atoms with Crippen LogP contribution in [0.4, 0.5) is 0 Å². The van der Waals surface area contributed by atoms with Crippen molar-refractivity contribution in [2.45, 2.75) is 51.2 Å². The van der Waals surface area contributed by atoms with Gasteiger partial charge in [-0.1, -0.05) is 19.1 Å². The molecule has 0 saturated carbocycles. The van der Waals surface area contributed by atoms with E-state index in [1.165, 1.54) is 24.9 Å². The molecule has 1 aromatic rings. The van der Waals surface area contributed by atoms with Crippen LogP contribution in [0.15, 0.2) is 29.3 Å². The first-order valence-corrected chi connectivity index (χ1v) is 11.9. The molecule has 0 spiro atoms. The molecule has 7 nitrogen and oxygen atoms in total. The summed E-state index contributed by atoms with van der Waals surface area (Å²) in [6.07, 6.45) is 4.79. The van der Waals surface area contributed by atoms with Gasteiger partial charge in [0.2, 0.25) is 0 Å². The lowest BCUT2D eigenvalue weighted by atomic mass is 10.1. The quantitative estimate of drug-likeness (QED) is 0.261. The number of likely N-dealkylation sites (tertiary alicyclic amines) is 1. The lowest BCUT2D eigenvalue weighted by Gasteiger charge is -2.31. The fourth-order valence-corrected chi connectivity index (χ4v) is 4.52. The summed E-state index contributed by atoms with van der Waals surface area (Å²) >= 11 is 0. The molecule has 0 amide bonds. The Bertz CT molecular complexity index is 684. The van der Waals surface area contributed by atoms with E-state index in [4.69, 9.17) is 9.47 Å². The standard InChI is InChI=1S/C24H41N5O2.HI/c1-4-29-12-6-8-22(29)19-27-24(25-2)26-18-20-7-5-9-23(17-20)31-16-13-28(3)21-10-14-30-15-11-21;/h5,7,9,17,21-22H,4,6,8,10-16,18-19H2,1-3H3,(H2,25,26,27);1H. The van der Waals surface area contributed by atoms with Gasteiger partial charge in [-0.2, -0.15) is 0 Å². The summed E-state index contributed by atoms with van der Waals surface area (Å²) in [5.41, 5.74) is 1.19. The summed E-state index contributed by atoms with van der Waals surface area (Å²) in [4.78, 5) is 9.32. The molecular weight excluding hydrogens is 517 g/mol. The van der Waals surface area contributed by atoms with Crippen molar-refractivity contribution in [3.63, 3.8) is 0 Å². The normalized spacial score (nSPS) is 20.2. The van der Waals surface area contributed by atoms with Gasteiger partial charge in [0.05, 0.1) is 0 Å². The maximum absolute atomic E-state index is 6.03. The summed E-state index contributed by atoms with van der Waals surface area (Å²) < 4.78 is 11.5. The Hall–Kier alpha value is -1.10. The fraction of sp³-hybridized carbons (Fsp3) is 0.708. The summed E-state index contributed by atoms with van der Waals surface area (Å²) in [5, 5.41) is 6.92. The minimum absolute atomic E-state index is 0. The monoisotopic (exact) mass is 559 g/mol. The third-order valence-corrected chi connectivity index (χ3v) is 6.52. The van der Waals surface area contributed by atoms with Gasteiger partial charge < -0.3 is 20.1 Å². The van der Waals surface area contributed by atoms with Crippen molar-refractivity contribution in [2.75, 3.05) is 60.1 Å². The first-order chi connectivity index (χ1) is 15.2. The summed E-state index contributed by atoms with van der Waals surface area (Å²) in [5.74, 6) is 1.78. The molecule has 2 aliphatic heterocycles. The van der Waals surface area contributed by atoms with Crippen LogP contribution in [-0.4, -0.2) is 87.9 Å². The number of likely N-dealkylation sites (N-methyl/N-ethyl adjacent to an activating group) is 2. The Morgan fingerprint density at radius 3 is 2.81 bits per heavy atom. The Labute approximate surface area is 211 Å². The summed E-state index contributed by atoms with van der Waals surface area (Å²) in [6.45, 7) is 9.62. The average molecular weight is 560 g/mol. The van der Waals surface area contributed by atoms with E-state index in [1.54, 1.807) is 0 Å². The van der Waals surface area contributed by atoms with E-state index in [9.17, 15) is 0 Å². The van der Waals surface area contributed by atoms with Crippen LogP contribution >= 0.6 is 24.0 Å². The van der Waals surface area contributed by atoms with Crippen molar-refractivity contribution < 1.29 is 9.47 Å². The second-order valence-corrected chi connectivity index (χ2v) is 8.55. The van der Waals surface area contributed by atoms with Crippen LogP contribution in [0.3, 0.4) is 0 Å². The molecule has 3 rings (SSSR count). The van der Waals surface area contributed by atoms with E-state index in [0.29, 0.717) is 18.7 Å². The highest BCUT2D eigenvalue weighted by atomic mass is 127. The minimum atomic E-state index is 0. The zero-order valence-corrected chi connectivity index (χ0v) is 22.3. The molecule has 0 aliphatic carbocycles. The topological polar surface area (TPSA) is 61.4 Å². The van der Waals surface area contributed by atoms with Gasteiger partial charge >= 0.3 is 0 Å². The number of aliphatic imine (C=N–C) groups is 1. The molecule has 0 radical (unpaired) electrons. The molecule has 1 aromatic carbocycles. The Morgan fingerprint density at radius 1 is 1.25 bits per heavy atom. The molecule has 182 valence electrons. The van der Waals surface area contributed by atoms with Crippen molar-refractivity contribution in [3.8, 4) is 5.75 Å². The molecule has 0 bridgehead atoms. The van der Waals surface area contributed by atoms with Gasteiger partial charge in [-0.3, -0.25) is 14.8 Å². The van der Waals surface area contributed by atoms with Crippen LogP contribution < -0.4 is 15.4 Å². The molecule has 32 heavy (non-hydrogen) atoms. The van der Waals surface area contributed by atoms with Gasteiger partial charge in [0.15, 0.2) is 5.96 Å². The Balaban J connectivity index is 0.00000363. The van der Waals surface area contributed by atoms with Crippen molar-refractivity contribution in [1.82, 2.24) is 20.4 Å². The van der Waals surface area contributed by atoms with Crippen molar-refractivity contribution in [2.24, 2.45) is 4.99 Å². The number of hydrogen-bond acceptors (Lipinski definition) is 5. The third kappa shape index (κ3) is 8.68. The molecule has 1 unspecified atom stereocenters. The van der Waals surface area contributed by atoms with Gasteiger partial charge in [-0.05, 0) is 63.5 Å². The maximum atomic E-state index is 6.03. The Kier molecular flexibility index (Phi) is 12.7. The Morgan fingerprint density at radius 2 is 2.06 bits per heavy atom. The maximum Gasteiger partial charge on any atom is 0.191 e. The van der Waals surface area contributed by atoms with Crippen LogP contribution in [0, 0.1) is 0 Å². The van der Waals surface area contributed by atoms with Crippen LogP contribution in [0.2, 0.25) is 0 Å². The zero-order chi connectivity index (χ0) is 21.9. The SMILES string of the molecule is CCN1CCCC1CNC(=NC)NCc1cccc(OCCN(C)C2CCOCC2)c1.I. The highest BCUT2D eigenvalue weighted by Crippen LogP contribution is 2.16. The van der Waals surface area contributed by atoms with E-state index < -0.39 is 0 Å². The molecule has 8 heteroatoms. The molecule has 2 N–H and O–H groups in total. The minimum Gasteiger partial charge on any atom is -0.492 e.